The summed E-state index contributed by atoms with van der Waals surface area (Å²) >= 11 is 0. The second-order valence-electron chi connectivity index (χ2n) is 4.31. The predicted molar refractivity (Wildman–Crippen MR) is 68.0 cm³/mol. The van der Waals surface area contributed by atoms with Gasteiger partial charge < -0.3 is 9.84 Å². The number of nitrogens with zero attached hydrogens (tertiary/aromatic N) is 2. The largest absolute Gasteiger partial charge is 0.466 e. The van der Waals surface area contributed by atoms with Gasteiger partial charge in [-0.2, -0.15) is 5.10 Å². The number of carbonyl (C=O) groups excluding carboxylic acids is 1. The number of aliphatic hydroxyl groups excluding tert-OH is 1. The second-order valence-corrected chi connectivity index (χ2v) is 4.31. The number of aryl methyl sites for hydroxylation is 1. The first kappa shape index (κ1) is 14.7. The average Bonchev–Trinajstić information content (AvgIpc) is 2.82. The molecule has 5 heteroatoms. The van der Waals surface area contributed by atoms with Gasteiger partial charge in [0, 0.05) is 24.7 Å². The number of rotatable bonds is 8. The zero-order valence-corrected chi connectivity index (χ0v) is 11.1. The van der Waals surface area contributed by atoms with Gasteiger partial charge in [-0.05, 0) is 19.3 Å². The molecule has 1 rings (SSSR count). The Hall–Kier alpha value is -1.36. The third-order valence-corrected chi connectivity index (χ3v) is 2.58. The molecule has 1 atom stereocenters. The summed E-state index contributed by atoms with van der Waals surface area (Å²) in [6.07, 6.45) is 5.26. The van der Waals surface area contributed by atoms with Gasteiger partial charge in [0.25, 0.3) is 0 Å². The number of esters is 1. The molecule has 0 saturated heterocycles. The van der Waals surface area contributed by atoms with E-state index in [1.54, 1.807) is 10.9 Å². The van der Waals surface area contributed by atoms with Crippen molar-refractivity contribution in [2.45, 2.75) is 52.2 Å². The van der Waals surface area contributed by atoms with Crippen molar-refractivity contribution in [2.24, 2.45) is 0 Å². The SMILES string of the molecule is CCCOC(=O)CCC(O)c1cnn(CCC)c1. The minimum Gasteiger partial charge on any atom is -0.466 e. The van der Waals surface area contributed by atoms with E-state index in [1.807, 2.05) is 13.1 Å². The molecule has 1 heterocycles. The van der Waals surface area contributed by atoms with Crippen LogP contribution in [0.3, 0.4) is 0 Å². The van der Waals surface area contributed by atoms with Crippen molar-refractivity contribution >= 4 is 5.97 Å². The maximum absolute atomic E-state index is 11.3. The maximum Gasteiger partial charge on any atom is 0.305 e. The third-order valence-electron chi connectivity index (χ3n) is 2.58. The van der Waals surface area contributed by atoms with Gasteiger partial charge in [-0.25, -0.2) is 0 Å². The molecule has 1 aromatic rings. The summed E-state index contributed by atoms with van der Waals surface area (Å²) in [6, 6.07) is 0. The Morgan fingerprint density at radius 1 is 1.50 bits per heavy atom. The molecule has 0 radical (unpaired) electrons. The van der Waals surface area contributed by atoms with Crippen molar-refractivity contribution in [1.29, 1.82) is 0 Å². The molecule has 18 heavy (non-hydrogen) atoms. The molecule has 1 N–H and O–H groups in total. The average molecular weight is 254 g/mol. The molecule has 0 aliphatic rings. The van der Waals surface area contributed by atoms with Gasteiger partial charge in [0.15, 0.2) is 0 Å². The van der Waals surface area contributed by atoms with Crippen molar-refractivity contribution in [3.05, 3.63) is 18.0 Å². The molecule has 0 aromatic carbocycles. The van der Waals surface area contributed by atoms with E-state index in [9.17, 15) is 9.90 Å². The van der Waals surface area contributed by atoms with Crippen molar-refractivity contribution in [1.82, 2.24) is 9.78 Å². The number of aliphatic hydroxyl groups is 1. The highest BCUT2D eigenvalue weighted by Crippen LogP contribution is 2.17. The number of aromatic nitrogens is 2. The molecule has 0 bridgehead atoms. The van der Waals surface area contributed by atoms with E-state index in [4.69, 9.17) is 4.74 Å². The quantitative estimate of drug-likeness (QED) is 0.721. The molecule has 1 unspecified atom stereocenters. The predicted octanol–water partition coefficient (Wildman–Crippen LogP) is 2.06. The fourth-order valence-electron chi connectivity index (χ4n) is 1.61. The third kappa shape index (κ3) is 4.87. The minimum atomic E-state index is -0.648. The molecule has 102 valence electrons. The van der Waals surface area contributed by atoms with Gasteiger partial charge in [0.1, 0.15) is 0 Å². The van der Waals surface area contributed by atoms with Crippen LogP contribution in [0.5, 0.6) is 0 Å². The molecule has 0 spiro atoms. The molecule has 0 fully saturated rings. The first-order valence-electron chi connectivity index (χ1n) is 6.53. The first-order valence-corrected chi connectivity index (χ1v) is 6.53. The zero-order valence-electron chi connectivity index (χ0n) is 11.1. The Bertz CT molecular complexity index is 363. The molecule has 0 aliphatic carbocycles. The second kappa shape index (κ2) is 7.87. The summed E-state index contributed by atoms with van der Waals surface area (Å²) < 4.78 is 6.75. The van der Waals surface area contributed by atoms with Crippen molar-refractivity contribution in [3.8, 4) is 0 Å². The molecule has 5 nitrogen and oxygen atoms in total. The van der Waals surface area contributed by atoms with Crippen molar-refractivity contribution in [2.75, 3.05) is 6.61 Å². The minimum absolute atomic E-state index is 0.236. The smallest absolute Gasteiger partial charge is 0.305 e. The van der Waals surface area contributed by atoms with Gasteiger partial charge >= 0.3 is 5.97 Å². The summed E-state index contributed by atoms with van der Waals surface area (Å²) in [7, 11) is 0. The summed E-state index contributed by atoms with van der Waals surface area (Å²) in [5.74, 6) is -0.253. The van der Waals surface area contributed by atoms with Crippen LogP contribution in [-0.2, 0) is 16.1 Å². The molecule has 1 aromatic heterocycles. The van der Waals surface area contributed by atoms with E-state index in [0.717, 1.165) is 24.9 Å². The van der Waals surface area contributed by atoms with Gasteiger partial charge in [0.2, 0.25) is 0 Å². The van der Waals surface area contributed by atoms with E-state index in [1.165, 1.54) is 0 Å². The van der Waals surface area contributed by atoms with E-state index >= 15 is 0 Å². The first-order chi connectivity index (χ1) is 8.67. The van der Waals surface area contributed by atoms with Crippen molar-refractivity contribution < 1.29 is 14.6 Å². The van der Waals surface area contributed by atoms with Crippen LogP contribution in [0.15, 0.2) is 12.4 Å². The highest BCUT2D eigenvalue weighted by molar-refractivity contribution is 5.69. The molecular weight excluding hydrogens is 232 g/mol. The number of ether oxygens (including phenoxy) is 1. The Morgan fingerprint density at radius 2 is 2.28 bits per heavy atom. The lowest BCUT2D eigenvalue weighted by Crippen LogP contribution is -2.07. The lowest BCUT2D eigenvalue weighted by Gasteiger charge is -2.08. The van der Waals surface area contributed by atoms with Crippen LogP contribution in [0.4, 0.5) is 0 Å². The summed E-state index contributed by atoms with van der Waals surface area (Å²) in [6.45, 7) is 5.31. The van der Waals surface area contributed by atoms with E-state index in [-0.39, 0.29) is 12.4 Å². The summed E-state index contributed by atoms with van der Waals surface area (Å²) in [5.41, 5.74) is 0.756. The number of carbonyl (C=O) groups is 1. The lowest BCUT2D eigenvalue weighted by atomic mass is 10.1. The summed E-state index contributed by atoms with van der Waals surface area (Å²) in [5, 5.41) is 14.1. The van der Waals surface area contributed by atoms with Crippen LogP contribution in [0, 0.1) is 0 Å². The highest BCUT2D eigenvalue weighted by atomic mass is 16.5. The van der Waals surface area contributed by atoms with E-state index < -0.39 is 6.10 Å². The van der Waals surface area contributed by atoms with Gasteiger partial charge in [-0.1, -0.05) is 13.8 Å². The van der Waals surface area contributed by atoms with Gasteiger partial charge in [-0.3, -0.25) is 9.48 Å². The molecule has 0 aliphatic heterocycles. The molecule has 0 amide bonds. The van der Waals surface area contributed by atoms with Gasteiger partial charge in [0.05, 0.1) is 18.9 Å². The standard InChI is InChI=1S/C13H22N2O3/c1-3-7-15-10-11(9-14-15)12(16)5-6-13(17)18-8-4-2/h9-10,12,16H,3-8H2,1-2H3. The number of hydrogen-bond acceptors (Lipinski definition) is 4. The Labute approximate surface area is 108 Å². The summed E-state index contributed by atoms with van der Waals surface area (Å²) in [4.78, 5) is 11.3. The fraction of sp³-hybridized carbons (Fsp3) is 0.692. The topological polar surface area (TPSA) is 64.3 Å². The van der Waals surface area contributed by atoms with Crippen LogP contribution >= 0.6 is 0 Å². The Kier molecular flexibility index (Phi) is 6.43. The molecular formula is C13H22N2O3. The highest BCUT2D eigenvalue weighted by Gasteiger charge is 2.12. The van der Waals surface area contributed by atoms with E-state index in [0.29, 0.717) is 13.0 Å². The monoisotopic (exact) mass is 254 g/mol. The van der Waals surface area contributed by atoms with Gasteiger partial charge in [-0.15, -0.1) is 0 Å². The van der Waals surface area contributed by atoms with Crippen LogP contribution < -0.4 is 0 Å². The maximum atomic E-state index is 11.3. The van der Waals surface area contributed by atoms with Crippen LogP contribution in [0.1, 0.15) is 51.2 Å². The fourth-order valence-corrected chi connectivity index (χ4v) is 1.61. The Morgan fingerprint density at radius 3 is 2.94 bits per heavy atom. The number of hydrogen-bond donors (Lipinski definition) is 1. The zero-order chi connectivity index (χ0) is 13.4. The van der Waals surface area contributed by atoms with Crippen LogP contribution in [-0.4, -0.2) is 27.5 Å². The Balaban J connectivity index is 2.35. The molecule has 0 saturated carbocycles. The normalized spacial score (nSPS) is 12.4. The van der Waals surface area contributed by atoms with Crippen molar-refractivity contribution in [3.63, 3.8) is 0 Å². The van der Waals surface area contributed by atoms with Crippen LogP contribution in [0.25, 0.3) is 0 Å². The van der Waals surface area contributed by atoms with Crippen LogP contribution in [0.2, 0.25) is 0 Å². The van der Waals surface area contributed by atoms with E-state index in [2.05, 4.69) is 12.0 Å². The lowest BCUT2D eigenvalue weighted by molar-refractivity contribution is -0.144.